The van der Waals surface area contributed by atoms with Gasteiger partial charge in [-0.05, 0) is 36.4 Å². The first kappa shape index (κ1) is 13.9. The fourth-order valence-electron chi connectivity index (χ4n) is 1.67. The Morgan fingerprint density at radius 3 is 2.00 bits per heavy atom. The summed E-state index contributed by atoms with van der Waals surface area (Å²) >= 11 is 0. The lowest BCUT2D eigenvalue weighted by atomic mass is 10.3. The number of benzene rings is 2. The van der Waals surface area contributed by atoms with E-state index in [1.54, 1.807) is 12.1 Å². The molecule has 20 heavy (non-hydrogen) atoms. The molecule has 2 aromatic carbocycles. The molecule has 0 atom stereocenters. The van der Waals surface area contributed by atoms with Crippen molar-refractivity contribution in [2.45, 2.75) is 6.92 Å². The Kier molecular flexibility index (Phi) is 5.00. The molecule has 0 saturated heterocycles. The summed E-state index contributed by atoms with van der Waals surface area (Å²) in [7, 11) is 0. The number of ether oxygens (including phenoxy) is 2. The normalized spacial score (nSPS) is 9.85. The van der Waals surface area contributed by atoms with Gasteiger partial charge in [-0.15, -0.1) is 0 Å². The largest absolute Gasteiger partial charge is 0.490 e. The number of carbonyl (C=O) groups is 1. The van der Waals surface area contributed by atoms with Crippen LogP contribution in [0.5, 0.6) is 11.5 Å². The lowest BCUT2D eigenvalue weighted by Gasteiger charge is -2.09. The molecule has 0 aliphatic rings. The molecule has 2 aromatic rings. The van der Waals surface area contributed by atoms with Crippen molar-refractivity contribution < 1.29 is 14.3 Å². The first-order valence-corrected chi connectivity index (χ1v) is 6.42. The number of amides is 1. The van der Waals surface area contributed by atoms with E-state index in [0.717, 1.165) is 17.2 Å². The first-order valence-electron chi connectivity index (χ1n) is 6.42. The molecule has 0 radical (unpaired) electrons. The first-order chi connectivity index (χ1) is 9.74. The van der Waals surface area contributed by atoms with Gasteiger partial charge in [-0.25, -0.2) is 0 Å². The standard InChI is InChI=1S/C16H17NO3/c1-13(18)17-14-7-9-16(10-8-14)20-12-11-19-15-5-3-2-4-6-15/h2-10H,11-12H2,1H3,(H,17,18). The topological polar surface area (TPSA) is 47.6 Å². The van der Waals surface area contributed by atoms with Crippen molar-refractivity contribution in [1.82, 2.24) is 0 Å². The molecule has 0 saturated carbocycles. The van der Waals surface area contributed by atoms with Crippen LogP contribution in [0.2, 0.25) is 0 Å². The summed E-state index contributed by atoms with van der Waals surface area (Å²) in [6, 6.07) is 16.8. The Labute approximate surface area is 118 Å². The molecule has 0 spiro atoms. The van der Waals surface area contributed by atoms with Crippen molar-refractivity contribution in [1.29, 1.82) is 0 Å². The van der Waals surface area contributed by atoms with Crippen molar-refractivity contribution in [2.75, 3.05) is 18.5 Å². The Hall–Kier alpha value is -2.49. The number of anilines is 1. The van der Waals surface area contributed by atoms with Gasteiger partial charge in [0.05, 0.1) is 0 Å². The third kappa shape index (κ3) is 4.65. The predicted molar refractivity (Wildman–Crippen MR) is 78.2 cm³/mol. The van der Waals surface area contributed by atoms with Gasteiger partial charge in [0.1, 0.15) is 24.7 Å². The zero-order chi connectivity index (χ0) is 14.2. The SMILES string of the molecule is CC(=O)Nc1ccc(OCCOc2ccccc2)cc1. The monoisotopic (exact) mass is 271 g/mol. The fraction of sp³-hybridized carbons (Fsp3) is 0.188. The Morgan fingerprint density at radius 2 is 1.45 bits per heavy atom. The fourth-order valence-corrected chi connectivity index (χ4v) is 1.67. The highest BCUT2D eigenvalue weighted by Crippen LogP contribution is 2.15. The van der Waals surface area contributed by atoms with Crippen molar-refractivity contribution in [3.63, 3.8) is 0 Å². The summed E-state index contributed by atoms with van der Waals surface area (Å²) in [6.45, 7) is 2.43. The zero-order valence-electron chi connectivity index (χ0n) is 11.3. The van der Waals surface area contributed by atoms with Gasteiger partial charge < -0.3 is 14.8 Å². The van der Waals surface area contributed by atoms with Gasteiger partial charge in [0.15, 0.2) is 0 Å². The lowest BCUT2D eigenvalue weighted by molar-refractivity contribution is -0.114. The van der Waals surface area contributed by atoms with Crippen LogP contribution in [-0.4, -0.2) is 19.1 Å². The van der Waals surface area contributed by atoms with E-state index in [9.17, 15) is 4.79 Å². The van der Waals surface area contributed by atoms with Gasteiger partial charge in [0.2, 0.25) is 5.91 Å². The second-order valence-corrected chi connectivity index (χ2v) is 4.22. The summed E-state index contributed by atoms with van der Waals surface area (Å²) in [6.07, 6.45) is 0. The highest BCUT2D eigenvalue weighted by atomic mass is 16.5. The van der Waals surface area contributed by atoms with Crippen LogP contribution in [0.3, 0.4) is 0 Å². The number of nitrogens with one attached hydrogen (secondary N) is 1. The van der Waals surface area contributed by atoms with Crippen LogP contribution in [0.15, 0.2) is 54.6 Å². The third-order valence-corrected chi connectivity index (χ3v) is 2.54. The summed E-state index contributed by atoms with van der Waals surface area (Å²) in [4.78, 5) is 10.9. The van der Waals surface area contributed by atoms with E-state index in [-0.39, 0.29) is 5.91 Å². The number of carbonyl (C=O) groups excluding carboxylic acids is 1. The molecule has 2 rings (SSSR count). The van der Waals surface area contributed by atoms with E-state index in [0.29, 0.717) is 13.2 Å². The van der Waals surface area contributed by atoms with Crippen molar-refractivity contribution >= 4 is 11.6 Å². The molecule has 1 amide bonds. The Morgan fingerprint density at radius 1 is 0.900 bits per heavy atom. The maximum atomic E-state index is 10.9. The quantitative estimate of drug-likeness (QED) is 0.821. The molecule has 4 nitrogen and oxygen atoms in total. The highest BCUT2D eigenvalue weighted by Gasteiger charge is 1.98. The second-order valence-electron chi connectivity index (χ2n) is 4.22. The molecule has 0 fully saturated rings. The summed E-state index contributed by atoms with van der Waals surface area (Å²) in [5, 5.41) is 2.70. The van der Waals surface area contributed by atoms with Gasteiger partial charge in [-0.1, -0.05) is 18.2 Å². The average molecular weight is 271 g/mol. The van der Waals surface area contributed by atoms with Crippen molar-refractivity contribution in [3.8, 4) is 11.5 Å². The highest BCUT2D eigenvalue weighted by molar-refractivity contribution is 5.88. The molecule has 0 aliphatic heterocycles. The summed E-state index contributed by atoms with van der Waals surface area (Å²) < 4.78 is 11.1. The van der Waals surface area contributed by atoms with Gasteiger partial charge in [-0.3, -0.25) is 4.79 Å². The second kappa shape index (κ2) is 7.19. The summed E-state index contributed by atoms with van der Waals surface area (Å²) in [5.41, 5.74) is 0.755. The van der Waals surface area contributed by atoms with Gasteiger partial charge >= 0.3 is 0 Å². The van der Waals surface area contributed by atoms with Gasteiger partial charge in [0.25, 0.3) is 0 Å². The van der Waals surface area contributed by atoms with Gasteiger partial charge in [0, 0.05) is 12.6 Å². The minimum atomic E-state index is -0.0880. The minimum absolute atomic E-state index is 0.0880. The molecule has 4 heteroatoms. The number of hydrogen-bond acceptors (Lipinski definition) is 3. The van der Waals surface area contributed by atoms with E-state index >= 15 is 0 Å². The van der Waals surface area contributed by atoms with Crippen LogP contribution in [0.25, 0.3) is 0 Å². The molecule has 0 aromatic heterocycles. The van der Waals surface area contributed by atoms with Crippen LogP contribution < -0.4 is 14.8 Å². The van der Waals surface area contributed by atoms with Crippen LogP contribution in [0, 0.1) is 0 Å². The molecular formula is C16H17NO3. The number of hydrogen-bond donors (Lipinski definition) is 1. The Bertz CT molecular complexity index is 537. The predicted octanol–water partition coefficient (Wildman–Crippen LogP) is 3.10. The van der Waals surface area contributed by atoms with E-state index in [1.807, 2.05) is 42.5 Å². The zero-order valence-corrected chi connectivity index (χ0v) is 11.3. The van der Waals surface area contributed by atoms with Crippen LogP contribution >= 0.6 is 0 Å². The lowest BCUT2D eigenvalue weighted by Crippen LogP contribution is -2.09. The minimum Gasteiger partial charge on any atom is -0.490 e. The van der Waals surface area contributed by atoms with Crippen molar-refractivity contribution in [3.05, 3.63) is 54.6 Å². The van der Waals surface area contributed by atoms with Crippen LogP contribution in [-0.2, 0) is 4.79 Å². The van der Waals surface area contributed by atoms with E-state index in [2.05, 4.69) is 5.32 Å². The maximum Gasteiger partial charge on any atom is 0.221 e. The molecule has 0 unspecified atom stereocenters. The average Bonchev–Trinajstić information content (AvgIpc) is 2.46. The summed E-state index contributed by atoms with van der Waals surface area (Å²) in [5.74, 6) is 1.49. The van der Waals surface area contributed by atoms with E-state index in [4.69, 9.17) is 9.47 Å². The molecule has 104 valence electrons. The maximum absolute atomic E-state index is 10.9. The number of para-hydroxylation sites is 1. The Balaban J connectivity index is 1.73. The smallest absolute Gasteiger partial charge is 0.221 e. The molecule has 1 N–H and O–H groups in total. The molecule has 0 bridgehead atoms. The van der Waals surface area contributed by atoms with E-state index < -0.39 is 0 Å². The molecule has 0 aliphatic carbocycles. The third-order valence-electron chi connectivity index (χ3n) is 2.54. The molecule has 0 heterocycles. The van der Waals surface area contributed by atoms with E-state index in [1.165, 1.54) is 6.92 Å². The number of rotatable bonds is 6. The molecular weight excluding hydrogens is 254 g/mol. The van der Waals surface area contributed by atoms with Gasteiger partial charge in [-0.2, -0.15) is 0 Å². The van der Waals surface area contributed by atoms with Crippen molar-refractivity contribution in [2.24, 2.45) is 0 Å². The van der Waals surface area contributed by atoms with Crippen LogP contribution in [0.1, 0.15) is 6.92 Å². The van der Waals surface area contributed by atoms with Crippen LogP contribution in [0.4, 0.5) is 5.69 Å².